The molecule has 7 heteroatoms. The number of nitrogens with one attached hydrogen (secondary N) is 2. The average molecular weight is 486 g/mol. The van der Waals surface area contributed by atoms with Gasteiger partial charge in [0, 0.05) is 9.75 Å². The van der Waals surface area contributed by atoms with E-state index in [9.17, 15) is 4.79 Å². The lowest BCUT2D eigenvalue weighted by molar-refractivity contribution is -0.122. The molecule has 2 aliphatic rings. The molecule has 0 aliphatic carbocycles. The largest absolute Gasteiger partial charge is 0.317 e. The molecule has 2 atom stereocenters. The molecular weight excluding hydrogens is 455 g/mol. The number of hydrogen-bond donors (Lipinski definition) is 2. The van der Waals surface area contributed by atoms with Crippen LogP contribution in [-0.2, 0) is 4.79 Å². The van der Waals surface area contributed by atoms with Gasteiger partial charge in [0.1, 0.15) is 5.78 Å². The molecule has 2 aromatic rings. The van der Waals surface area contributed by atoms with Crippen LogP contribution in [0.4, 0.5) is 0 Å². The summed E-state index contributed by atoms with van der Waals surface area (Å²) in [4.78, 5) is 16.2. The first-order chi connectivity index (χ1) is 14.6. The van der Waals surface area contributed by atoms with Gasteiger partial charge in [-0.15, -0.1) is 22.7 Å². The van der Waals surface area contributed by atoms with Crippen LogP contribution in [0.25, 0.3) is 0 Å². The van der Waals surface area contributed by atoms with E-state index in [0.717, 1.165) is 84.5 Å². The van der Waals surface area contributed by atoms with Crippen molar-refractivity contribution in [3.63, 3.8) is 0 Å². The van der Waals surface area contributed by atoms with E-state index in [1.54, 1.807) is 22.7 Å². The van der Waals surface area contributed by atoms with Crippen molar-refractivity contribution in [2.75, 3.05) is 26.2 Å². The summed E-state index contributed by atoms with van der Waals surface area (Å²) in [7, 11) is 0. The van der Waals surface area contributed by atoms with E-state index >= 15 is 0 Å². The summed E-state index contributed by atoms with van der Waals surface area (Å²) < 4.78 is 0. The van der Waals surface area contributed by atoms with Crippen molar-refractivity contribution >= 4 is 51.7 Å². The Bertz CT molecular complexity index is 759. The first-order valence-corrected chi connectivity index (χ1v) is 13.6. The lowest BCUT2D eigenvalue weighted by Crippen LogP contribution is -2.32. The molecule has 2 N–H and O–H groups in total. The SMILES string of the molecule is O=C(C(CC1CCNCC1)c1sccc1Cl)C(CC1CCNCC1)c1sccc1Cl. The molecule has 2 fully saturated rings. The predicted molar refractivity (Wildman–Crippen MR) is 130 cm³/mol. The predicted octanol–water partition coefficient (Wildman–Crippen LogP) is 6.33. The summed E-state index contributed by atoms with van der Waals surface area (Å²) in [6.07, 6.45) is 6.31. The van der Waals surface area contributed by atoms with Gasteiger partial charge in [0.25, 0.3) is 0 Å². The van der Waals surface area contributed by atoms with Crippen LogP contribution in [0.15, 0.2) is 22.9 Å². The third-order valence-electron chi connectivity index (χ3n) is 6.66. The Labute approximate surface area is 197 Å². The summed E-state index contributed by atoms with van der Waals surface area (Å²) in [5.41, 5.74) is 0. The fraction of sp³-hybridized carbons (Fsp3) is 0.609. The molecule has 2 aliphatic heterocycles. The maximum Gasteiger partial charge on any atom is 0.149 e. The summed E-state index contributed by atoms with van der Waals surface area (Å²) in [5, 5.41) is 12.4. The van der Waals surface area contributed by atoms with Gasteiger partial charge in [-0.1, -0.05) is 23.2 Å². The van der Waals surface area contributed by atoms with E-state index in [1.165, 1.54) is 0 Å². The molecular formula is C23H30Cl2N2OS2. The summed E-state index contributed by atoms with van der Waals surface area (Å²) in [5.74, 6) is 1.19. The van der Waals surface area contributed by atoms with Crippen LogP contribution in [0.5, 0.6) is 0 Å². The zero-order valence-electron chi connectivity index (χ0n) is 17.2. The van der Waals surface area contributed by atoms with E-state index in [4.69, 9.17) is 23.2 Å². The number of thiophene rings is 2. The average Bonchev–Trinajstić information content (AvgIpc) is 3.39. The molecule has 0 bridgehead atoms. The van der Waals surface area contributed by atoms with Gasteiger partial charge >= 0.3 is 0 Å². The second kappa shape index (κ2) is 10.9. The molecule has 0 saturated carbocycles. The van der Waals surface area contributed by atoms with Crippen LogP contribution < -0.4 is 10.6 Å². The molecule has 0 aromatic carbocycles. The Morgan fingerprint density at radius 1 is 0.833 bits per heavy atom. The summed E-state index contributed by atoms with van der Waals surface area (Å²) in [6.45, 7) is 4.16. The Kier molecular flexibility index (Phi) is 8.29. The van der Waals surface area contributed by atoms with Crippen molar-refractivity contribution in [3.8, 4) is 0 Å². The molecule has 0 amide bonds. The van der Waals surface area contributed by atoms with Crippen LogP contribution in [-0.4, -0.2) is 32.0 Å². The van der Waals surface area contributed by atoms with Gasteiger partial charge in [-0.25, -0.2) is 0 Å². The summed E-state index contributed by atoms with van der Waals surface area (Å²) in [6, 6.07) is 3.87. The van der Waals surface area contributed by atoms with Gasteiger partial charge in [0.05, 0.1) is 21.9 Å². The van der Waals surface area contributed by atoms with Crippen molar-refractivity contribution in [2.24, 2.45) is 11.8 Å². The maximum absolute atomic E-state index is 14.2. The molecule has 4 rings (SSSR count). The van der Waals surface area contributed by atoms with Crippen LogP contribution >= 0.6 is 45.9 Å². The van der Waals surface area contributed by atoms with Gasteiger partial charge in [-0.2, -0.15) is 0 Å². The van der Waals surface area contributed by atoms with Crippen LogP contribution in [0, 0.1) is 11.8 Å². The number of carbonyl (C=O) groups excluding carboxylic acids is 1. The maximum atomic E-state index is 14.2. The van der Waals surface area contributed by atoms with Gasteiger partial charge in [0.2, 0.25) is 0 Å². The van der Waals surface area contributed by atoms with Crippen molar-refractivity contribution in [2.45, 2.75) is 50.4 Å². The highest BCUT2D eigenvalue weighted by atomic mass is 35.5. The Morgan fingerprint density at radius 2 is 1.23 bits per heavy atom. The zero-order chi connectivity index (χ0) is 20.9. The monoisotopic (exact) mass is 484 g/mol. The number of piperidine rings is 2. The third-order valence-corrected chi connectivity index (χ3v) is 9.61. The van der Waals surface area contributed by atoms with E-state index in [1.807, 2.05) is 22.9 Å². The molecule has 0 spiro atoms. The van der Waals surface area contributed by atoms with Crippen molar-refractivity contribution in [3.05, 3.63) is 42.7 Å². The zero-order valence-corrected chi connectivity index (χ0v) is 20.3. The molecule has 164 valence electrons. The minimum absolute atomic E-state index is 0.134. The van der Waals surface area contributed by atoms with Gasteiger partial charge in [-0.05, 0) is 99.4 Å². The van der Waals surface area contributed by atoms with Crippen molar-refractivity contribution in [1.29, 1.82) is 0 Å². The number of carbonyl (C=O) groups is 1. The number of Topliss-reactive ketones (excluding diaryl/α,β-unsaturated/α-hetero) is 1. The molecule has 3 nitrogen and oxygen atoms in total. The Morgan fingerprint density at radius 3 is 1.57 bits per heavy atom. The Hall–Kier alpha value is -0.430. The van der Waals surface area contributed by atoms with Crippen molar-refractivity contribution in [1.82, 2.24) is 10.6 Å². The smallest absolute Gasteiger partial charge is 0.149 e. The molecule has 4 heterocycles. The topological polar surface area (TPSA) is 41.1 Å². The first-order valence-electron chi connectivity index (χ1n) is 11.0. The molecule has 30 heavy (non-hydrogen) atoms. The fourth-order valence-corrected chi connectivity index (χ4v) is 7.58. The minimum Gasteiger partial charge on any atom is -0.317 e. The van der Waals surface area contributed by atoms with Crippen LogP contribution in [0.2, 0.25) is 10.0 Å². The standard InChI is InChI=1S/C23H30Cl2N2OS2/c24-19-5-11-29-22(19)17(13-15-1-7-26-8-2-15)21(28)18(23-20(25)6-12-30-23)14-16-3-9-27-10-4-16/h5-6,11-12,15-18,26-27H,1-4,7-10,13-14H2. The second-order valence-electron chi connectivity index (χ2n) is 8.63. The van der Waals surface area contributed by atoms with E-state index in [0.29, 0.717) is 17.6 Å². The highest BCUT2D eigenvalue weighted by molar-refractivity contribution is 7.11. The van der Waals surface area contributed by atoms with Gasteiger partial charge in [0.15, 0.2) is 0 Å². The highest BCUT2D eigenvalue weighted by Gasteiger charge is 2.36. The normalized spacial score (nSPS) is 20.9. The highest BCUT2D eigenvalue weighted by Crippen LogP contribution is 2.44. The lowest BCUT2D eigenvalue weighted by Gasteiger charge is -2.31. The number of hydrogen-bond acceptors (Lipinski definition) is 5. The van der Waals surface area contributed by atoms with E-state index in [-0.39, 0.29) is 11.8 Å². The minimum atomic E-state index is -0.134. The number of halogens is 2. The molecule has 2 unspecified atom stereocenters. The molecule has 2 aromatic heterocycles. The van der Waals surface area contributed by atoms with Crippen LogP contribution in [0.3, 0.4) is 0 Å². The molecule has 0 radical (unpaired) electrons. The van der Waals surface area contributed by atoms with Gasteiger partial charge < -0.3 is 10.6 Å². The van der Waals surface area contributed by atoms with E-state index in [2.05, 4.69) is 10.6 Å². The first kappa shape index (κ1) is 22.8. The van der Waals surface area contributed by atoms with Gasteiger partial charge in [-0.3, -0.25) is 4.79 Å². The molecule has 2 saturated heterocycles. The lowest BCUT2D eigenvalue weighted by atomic mass is 9.77. The Balaban J connectivity index is 1.62. The second-order valence-corrected chi connectivity index (χ2v) is 11.3. The van der Waals surface area contributed by atoms with E-state index < -0.39 is 0 Å². The van der Waals surface area contributed by atoms with Crippen molar-refractivity contribution < 1.29 is 4.79 Å². The number of ketones is 1. The number of rotatable bonds is 8. The van der Waals surface area contributed by atoms with Crippen LogP contribution in [0.1, 0.15) is 60.1 Å². The quantitative estimate of drug-likeness (QED) is 0.459. The summed E-state index contributed by atoms with van der Waals surface area (Å²) >= 11 is 16.4. The fourth-order valence-electron chi connectivity index (χ4n) is 4.96. The third kappa shape index (κ3) is 5.48.